The Morgan fingerprint density at radius 3 is 2.78 bits per heavy atom. The van der Waals surface area contributed by atoms with Crippen molar-refractivity contribution >= 4 is 21.6 Å². The van der Waals surface area contributed by atoms with E-state index in [4.69, 9.17) is 9.47 Å². The van der Waals surface area contributed by atoms with Gasteiger partial charge in [-0.25, -0.2) is 13.1 Å². The van der Waals surface area contributed by atoms with Gasteiger partial charge in [0.25, 0.3) is 0 Å². The number of amides is 1. The van der Waals surface area contributed by atoms with Crippen LogP contribution in [0.3, 0.4) is 0 Å². The minimum Gasteiger partial charge on any atom is -0.486 e. The lowest BCUT2D eigenvalue weighted by atomic mass is 10.2. The first-order chi connectivity index (χ1) is 12.9. The van der Waals surface area contributed by atoms with Crippen LogP contribution >= 0.6 is 0 Å². The summed E-state index contributed by atoms with van der Waals surface area (Å²) in [7, 11) is -3.69. The number of para-hydroxylation sites is 2. The number of carbonyl (C=O) groups is 1. The fourth-order valence-electron chi connectivity index (χ4n) is 3.32. The van der Waals surface area contributed by atoms with Crippen LogP contribution in [-0.2, 0) is 21.2 Å². The third kappa shape index (κ3) is 3.50. The second kappa shape index (κ2) is 6.86. The van der Waals surface area contributed by atoms with E-state index in [-0.39, 0.29) is 24.0 Å². The molecule has 2 aliphatic rings. The van der Waals surface area contributed by atoms with Gasteiger partial charge in [0.1, 0.15) is 12.7 Å². The zero-order chi connectivity index (χ0) is 19.0. The molecule has 2 aliphatic heterocycles. The lowest BCUT2D eigenvalue weighted by Crippen LogP contribution is -2.40. The molecule has 0 radical (unpaired) electrons. The Morgan fingerprint density at radius 2 is 2.00 bits per heavy atom. The van der Waals surface area contributed by atoms with E-state index < -0.39 is 16.1 Å². The van der Waals surface area contributed by atoms with Crippen molar-refractivity contribution in [2.45, 2.75) is 24.3 Å². The topological polar surface area (TPSA) is 84.9 Å². The van der Waals surface area contributed by atoms with Crippen LogP contribution in [0.2, 0.25) is 0 Å². The molecule has 0 saturated heterocycles. The average Bonchev–Trinajstić information content (AvgIpc) is 3.10. The summed E-state index contributed by atoms with van der Waals surface area (Å²) in [5, 5.41) is 0. The summed E-state index contributed by atoms with van der Waals surface area (Å²) in [6.45, 7) is 2.46. The van der Waals surface area contributed by atoms with Crippen molar-refractivity contribution in [3.05, 3.63) is 48.0 Å². The minimum atomic E-state index is -3.69. The lowest BCUT2D eigenvalue weighted by molar-refractivity contribution is -0.116. The predicted molar refractivity (Wildman–Crippen MR) is 99.7 cm³/mol. The number of rotatable bonds is 4. The van der Waals surface area contributed by atoms with Crippen LogP contribution in [0, 0.1) is 0 Å². The van der Waals surface area contributed by atoms with E-state index in [1.165, 1.54) is 13.0 Å². The monoisotopic (exact) mass is 388 g/mol. The van der Waals surface area contributed by atoms with Crippen molar-refractivity contribution in [3.8, 4) is 11.5 Å². The molecule has 2 heterocycles. The van der Waals surface area contributed by atoms with Gasteiger partial charge in [-0.15, -0.1) is 0 Å². The Hall–Kier alpha value is -2.58. The summed E-state index contributed by atoms with van der Waals surface area (Å²) in [6, 6.07) is 12.1. The van der Waals surface area contributed by atoms with Gasteiger partial charge in [0.2, 0.25) is 15.9 Å². The molecular weight excluding hydrogens is 368 g/mol. The summed E-state index contributed by atoms with van der Waals surface area (Å²) in [5.74, 6) is 1.22. The normalized spacial score (nSPS) is 18.3. The largest absolute Gasteiger partial charge is 0.486 e. The van der Waals surface area contributed by atoms with Crippen molar-refractivity contribution in [2.75, 3.05) is 24.6 Å². The highest BCUT2D eigenvalue weighted by Gasteiger charge is 2.26. The molecule has 0 aromatic heterocycles. The average molecular weight is 388 g/mol. The van der Waals surface area contributed by atoms with E-state index >= 15 is 0 Å². The van der Waals surface area contributed by atoms with Gasteiger partial charge >= 0.3 is 0 Å². The van der Waals surface area contributed by atoms with Gasteiger partial charge in [-0.2, -0.15) is 0 Å². The number of anilines is 1. The standard InChI is InChI=1S/C19H20N2O5S/c1-13(22)21-9-8-14-10-16(6-7-17(14)21)27(23,24)20-11-15-12-25-18-4-2-3-5-19(18)26-15/h2-7,10,15,20H,8-9,11-12H2,1H3/t15-/m0/s1. The summed E-state index contributed by atoms with van der Waals surface area (Å²) in [4.78, 5) is 13.5. The zero-order valence-electron chi connectivity index (χ0n) is 14.8. The summed E-state index contributed by atoms with van der Waals surface area (Å²) >= 11 is 0. The van der Waals surface area contributed by atoms with E-state index in [9.17, 15) is 13.2 Å². The van der Waals surface area contributed by atoms with Gasteiger partial charge in [-0.3, -0.25) is 4.79 Å². The number of ether oxygens (including phenoxy) is 2. The first kappa shape index (κ1) is 17.8. The number of fused-ring (bicyclic) bond motifs is 2. The number of benzene rings is 2. The molecule has 1 N–H and O–H groups in total. The molecule has 142 valence electrons. The molecule has 0 spiro atoms. The Bertz CT molecular complexity index is 989. The van der Waals surface area contributed by atoms with Crippen LogP contribution in [0.15, 0.2) is 47.4 Å². The lowest BCUT2D eigenvalue weighted by Gasteiger charge is -2.26. The van der Waals surface area contributed by atoms with Crippen molar-refractivity contribution < 1.29 is 22.7 Å². The van der Waals surface area contributed by atoms with Crippen LogP contribution in [0.5, 0.6) is 11.5 Å². The molecule has 2 aromatic carbocycles. The number of carbonyl (C=O) groups excluding carboxylic acids is 1. The van der Waals surface area contributed by atoms with E-state index in [1.807, 2.05) is 18.2 Å². The molecule has 1 amide bonds. The molecule has 27 heavy (non-hydrogen) atoms. The summed E-state index contributed by atoms with van der Waals surface area (Å²) < 4.78 is 39.3. The van der Waals surface area contributed by atoms with Gasteiger partial charge in [-0.05, 0) is 42.3 Å². The Kier molecular flexibility index (Phi) is 4.53. The number of sulfonamides is 1. The molecule has 0 unspecified atom stereocenters. The highest BCUT2D eigenvalue weighted by Crippen LogP contribution is 2.32. The third-order valence-corrected chi connectivity index (χ3v) is 6.13. The van der Waals surface area contributed by atoms with Gasteiger partial charge in [0, 0.05) is 19.2 Å². The zero-order valence-corrected chi connectivity index (χ0v) is 15.7. The molecule has 0 fully saturated rings. The van der Waals surface area contributed by atoms with Crippen LogP contribution in [0.25, 0.3) is 0 Å². The second-order valence-electron chi connectivity index (χ2n) is 6.56. The smallest absolute Gasteiger partial charge is 0.240 e. The van der Waals surface area contributed by atoms with E-state index in [2.05, 4.69) is 4.72 Å². The molecular formula is C19H20N2O5S. The van der Waals surface area contributed by atoms with Crippen LogP contribution in [-0.4, -0.2) is 40.1 Å². The van der Waals surface area contributed by atoms with Crippen LogP contribution in [0.1, 0.15) is 12.5 Å². The first-order valence-corrected chi connectivity index (χ1v) is 10.2. The fraction of sp³-hybridized carbons (Fsp3) is 0.316. The van der Waals surface area contributed by atoms with E-state index in [0.29, 0.717) is 24.5 Å². The Morgan fingerprint density at radius 1 is 1.22 bits per heavy atom. The molecule has 7 nitrogen and oxygen atoms in total. The van der Waals surface area contributed by atoms with E-state index in [0.717, 1.165) is 11.3 Å². The molecule has 1 atom stereocenters. The maximum atomic E-state index is 12.6. The van der Waals surface area contributed by atoms with Crippen molar-refractivity contribution in [1.29, 1.82) is 0 Å². The second-order valence-corrected chi connectivity index (χ2v) is 8.33. The molecule has 0 aliphatic carbocycles. The first-order valence-electron chi connectivity index (χ1n) is 8.73. The van der Waals surface area contributed by atoms with Crippen molar-refractivity contribution in [1.82, 2.24) is 4.72 Å². The fourth-order valence-corrected chi connectivity index (χ4v) is 4.44. The molecule has 8 heteroatoms. The Balaban J connectivity index is 1.45. The quantitative estimate of drug-likeness (QED) is 0.862. The highest BCUT2D eigenvalue weighted by molar-refractivity contribution is 7.89. The Labute approximate surface area is 157 Å². The maximum absolute atomic E-state index is 12.6. The SMILES string of the molecule is CC(=O)N1CCc2cc(S(=O)(=O)NC[C@H]3COc4ccccc4O3)ccc21. The summed E-state index contributed by atoms with van der Waals surface area (Å²) in [5.41, 5.74) is 1.64. The minimum absolute atomic E-state index is 0.0442. The van der Waals surface area contributed by atoms with Crippen molar-refractivity contribution in [2.24, 2.45) is 0 Å². The van der Waals surface area contributed by atoms with E-state index in [1.54, 1.807) is 23.1 Å². The van der Waals surface area contributed by atoms with Crippen LogP contribution in [0.4, 0.5) is 5.69 Å². The molecule has 2 aromatic rings. The third-order valence-electron chi connectivity index (χ3n) is 4.71. The van der Waals surface area contributed by atoms with Gasteiger partial charge < -0.3 is 14.4 Å². The highest BCUT2D eigenvalue weighted by atomic mass is 32.2. The van der Waals surface area contributed by atoms with Gasteiger partial charge in [0.05, 0.1) is 11.4 Å². The van der Waals surface area contributed by atoms with Crippen molar-refractivity contribution in [3.63, 3.8) is 0 Å². The number of nitrogens with one attached hydrogen (secondary N) is 1. The number of hydrogen-bond acceptors (Lipinski definition) is 5. The maximum Gasteiger partial charge on any atom is 0.240 e. The molecule has 4 rings (SSSR count). The molecule has 0 bridgehead atoms. The van der Waals surface area contributed by atoms with Gasteiger partial charge in [-0.1, -0.05) is 12.1 Å². The van der Waals surface area contributed by atoms with Crippen LogP contribution < -0.4 is 19.1 Å². The predicted octanol–water partition coefficient (Wildman–Crippen LogP) is 1.71. The molecule has 0 saturated carbocycles. The van der Waals surface area contributed by atoms with Gasteiger partial charge in [0.15, 0.2) is 11.5 Å². The number of nitrogens with zero attached hydrogens (tertiary/aromatic N) is 1. The number of hydrogen-bond donors (Lipinski definition) is 1. The summed E-state index contributed by atoms with van der Waals surface area (Å²) in [6.07, 6.45) is 0.242.